The lowest BCUT2D eigenvalue weighted by atomic mass is 10.1. The molecule has 1 unspecified atom stereocenters. The zero-order valence-corrected chi connectivity index (χ0v) is 20.1. The predicted octanol–water partition coefficient (Wildman–Crippen LogP) is 2.54. The third kappa shape index (κ3) is 8.38. The SMILES string of the molecule is CCOc1cc(C=NNC(=O)C(CCCCNC(=O)c2ccccc2)N2CCOCC2)ccc1O. The van der Waals surface area contributed by atoms with Crippen LogP contribution in [0.2, 0.25) is 0 Å². The summed E-state index contributed by atoms with van der Waals surface area (Å²) >= 11 is 0. The van der Waals surface area contributed by atoms with E-state index in [0.717, 1.165) is 12.8 Å². The van der Waals surface area contributed by atoms with Gasteiger partial charge >= 0.3 is 0 Å². The van der Waals surface area contributed by atoms with Gasteiger partial charge in [0.05, 0.1) is 32.1 Å². The van der Waals surface area contributed by atoms with Crippen molar-refractivity contribution >= 4 is 18.0 Å². The summed E-state index contributed by atoms with van der Waals surface area (Å²) in [6.45, 7) is 5.37. The maximum atomic E-state index is 13.0. The van der Waals surface area contributed by atoms with E-state index in [2.05, 4.69) is 20.7 Å². The van der Waals surface area contributed by atoms with E-state index in [4.69, 9.17) is 9.47 Å². The molecule has 0 aliphatic carbocycles. The highest BCUT2D eigenvalue weighted by Gasteiger charge is 2.26. The summed E-state index contributed by atoms with van der Waals surface area (Å²) in [5, 5.41) is 16.9. The average molecular weight is 483 g/mol. The van der Waals surface area contributed by atoms with Crippen molar-refractivity contribution in [3.05, 3.63) is 59.7 Å². The molecule has 1 saturated heterocycles. The number of carbonyl (C=O) groups excluding carboxylic acids is 2. The van der Waals surface area contributed by atoms with Crippen molar-refractivity contribution in [2.45, 2.75) is 32.2 Å². The lowest BCUT2D eigenvalue weighted by Gasteiger charge is -2.33. The summed E-state index contributed by atoms with van der Waals surface area (Å²) < 4.78 is 10.8. The van der Waals surface area contributed by atoms with E-state index in [9.17, 15) is 14.7 Å². The molecule has 0 saturated carbocycles. The second kappa shape index (κ2) is 14.1. The zero-order chi connectivity index (χ0) is 24.9. The van der Waals surface area contributed by atoms with Crippen LogP contribution in [0, 0.1) is 0 Å². The molecule has 1 aliphatic heterocycles. The normalized spacial score (nSPS) is 15.0. The van der Waals surface area contributed by atoms with Crippen LogP contribution in [0.15, 0.2) is 53.6 Å². The molecule has 2 aromatic rings. The molecule has 2 amide bonds. The third-order valence-electron chi connectivity index (χ3n) is 5.69. The molecule has 9 heteroatoms. The molecule has 0 aromatic heterocycles. The number of phenolic OH excluding ortho intramolecular Hbond substituents is 1. The monoisotopic (exact) mass is 482 g/mol. The first-order valence-electron chi connectivity index (χ1n) is 12.0. The van der Waals surface area contributed by atoms with Gasteiger partial charge in [-0.05, 0) is 62.1 Å². The van der Waals surface area contributed by atoms with Gasteiger partial charge in [-0.15, -0.1) is 0 Å². The summed E-state index contributed by atoms with van der Waals surface area (Å²) in [7, 11) is 0. The van der Waals surface area contributed by atoms with E-state index in [1.807, 2.05) is 25.1 Å². The molecular formula is C26H34N4O5. The van der Waals surface area contributed by atoms with Crippen molar-refractivity contribution in [1.82, 2.24) is 15.6 Å². The van der Waals surface area contributed by atoms with Crippen LogP contribution in [-0.4, -0.2) is 73.5 Å². The van der Waals surface area contributed by atoms with Crippen LogP contribution in [0.5, 0.6) is 11.5 Å². The molecule has 1 fully saturated rings. The van der Waals surface area contributed by atoms with E-state index >= 15 is 0 Å². The van der Waals surface area contributed by atoms with E-state index in [-0.39, 0.29) is 23.6 Å². The Morgan fingerprint density at radius 1 is 1.17 bits per heavy atom. The molecule has 9 nitrogen and oxygen atoms in total. The molecule has 1 aliphatic rings. The summed E-state index contributed by atoms with van der Waals surface area (Å²) in [5.74, 6) is 0.151. The summed E-state index contributed by atoms with van der Waals surface area (Å²) in [4.78, 5) is 27.3. The molecule has 1 atom stereocenters. The van der Waals surface area contributed by atoms with Gasteiger partial charge in [-0.3, -0.25) is 14.5 Å². The first-order valence-corrected chi connectivity index (χ1v) is 12.0. The first kappa shape index (κ1) is 26.2. The lowest BCUT2D eigenvalue weighted by Crippen LogP contribution is -2.50. The molecule has 0 radical (unpaired) electrons. The maximum absolute atomic E-state index is 13.0. The highest BCUT2D eigenvalue weighted by molar-refractivity contribution is 5.94. The Bertz CT molecular complexity index is 977. The van der Waals surface area contributed by atoms with Crippen LogP contribution in [0.1, 0.15) is 42.1 Å². The van der Waals surface area contributed by atoms with Crippen LogP contribution in [0.25, 0.3) is 0 Å². The van der Waals surface area contributed by atoms with E-state index < -0.39 is 0 Å². The number of benzene rings is 2. The van der Waals surface area contributed by atoms with Crippen molar-refractivity contribution in [3.8, 4) is 11.5 Å². The second-order valence-corrected chi connectivity index (χ2v) is 8.18. The third-order valence-corrected chi connectivity index (χ3v) is 5.69. The topological polar surface area (TPSA) is 112 Å². The van der Waals surface area contributed by atoms with Gasteiger partial charge in [-0.25, -0.2) is 5.43 Å². The Kier molecular flexibility index (Phi) is 10.5. The van der Waals surface area contributed by atoms with Gasteiger partial charge in [0, 0.05) is 25.2 Å². The van der Waals surface area contributed by atoms with Gasteiger partial charge in [0.2, 0.25) is 0 Å². The minimum absolute atomic E-state index is 0.0559. The lowest BCUT2D eigenvalue weighted by molar-refractivity contribution is -0.128. The zero-order valence-electron chi connectivity index (χ0n) is 20.1. The molecule has 3 rings (SSSR count). The quantitative estimate of drug-likeness (QED) is 0.244. The molecule has 188 valence electrons. The number of hydrogen-bond acceptors (Lipinski definition) is 7. The number of hydrazone groups is 1. The molecule has 35 heavy (non-hydrogen) atoms. The Balaban J connectivity index is 1.50. The van der Waals surface area contributed by atoms with Crippen LogP contribution < -0.4 is 15.5 Å². The van der Waals surface area contributed by atoms with E-state index in [0.29, 0.717) is 62.8 Å². The molecule has 2 aromatic carbocycles. The van der Waals surface area contributed by atoms with Crippen LogP contribution in [0.4, 0.5) is 0 Å². The Morgan fingerprint density at radius 2 is 1.94 bits per heavy atom. The van der Waals surface area contributed by atoms with Crippen LogP contribution in [0.3, 0.4) is 0 Å². The van der Waals surface area contributed by atoms with Crippen LogP contribution in [-0.2, 0) is 9.53 Å². The fraction of sp³-hybridized carbons (Fsp3) is 0.423. The number of hydrogen-bond donors (Lipinski definition) is 3. The summed E-state index contributed by atoms with van der Waals surface area (Å²) in [5.41, 5.74) is 3.99. The van der Waals surface area contributed by atoms with Gasteiger partial charge in [0.25, 0.3) is 11.8 Å². The number of amides is 2. The van der Waals surface area contributed by atoms with Crippen molar-refractivity contribution in [1.29, 1.82) is 0 Å². The number of nitrogens with one attached hydrogen (secondary N) is 2. The molecule has 0 bridgehead atoms. The van der Waals surface area contributed by atoms with Gasteiger partial charge in [-0.2, -0.15) is 5.10 Å². The highest BCUT2D eigenvalue weighted by atomic mass is 16.5. The van der Waals surface area contributed by atoms with Gasteiger partial charge in [0.1, 0.15) is 0 Å². The Labute approximate surface area is 206 Å². The maximum Gasteiger partial charge on any atom is 0.257 e. The number of rotatable bonds is 12. The summed E-state index contributed by atoms with van der Waals surface area (Å²) in [6, 6.07) is 13.7. The smallest absolute Gasteiger partial charge is 0.257 e. The number of phenols is 1. The Hall–Kier alpha value is -3.43. The number of morpholine rings is 1. The van der Waals surface area contributed by atoms with E-state index in [1.54, 1.807) is 24.3 Å². The number of aromatic hydroxyl groups is 1. The van der Waals surface area contributed by atoms with Gasteiger partial charge in [0.15, 0.2) is 11.5 Å². The Morgan fingerprint density at radius 3 is 2.69 bits per heavy atom. The molecule has 3 N–H and O–H groups in total. The van der Waals surface area contributed by atoms with Gasteiger partial charge in [-0.1, -0.05) is 18.2 Å². The van der Waals surface area contributed by atoms with Crippen molar-refractivity contribution in [3.63, 3.8) is 0 Å². The molecular weight excluding hydrogens is 448 g/mol. The van der Waals surface area contributed by atoms with Crippen LogP contribution >= 0.6 is 0 Å². The number of carbonyl (C=O) groups is 2. The fourth-order valence-corrected chi connectivity index (χ4v) is 3.85. The fourth-order valence-electron chi connectivity index (χ4n) is 3.85. The van der Waals surface area contributed by atoms with Gasteiger partial charge < -0.3 is 19.9 Å². The highest BCUT2D eigenvalue weighted by Crippen LogP contribution is 2.26. The summed E-state index contributed by atoms with van der Waals surface area (Å²) in [6.07, 6.45) is 3.72. The average Bonchev–Trinajstić information content (AvgIpc) is 2.89. The standard InChI is InChI=1S/C26H34N4O5/c1-2-35-24-18-20(11-12-23(24)31)19-28-29-26(33)22(30-14-16-34-17-15-30)10-6-7-13-27-25(32)21-8-4-3-5-9-21/h3-5,8-9,11-12,18-19,22,31H,2,6-7,10,13-17H2,1H3,(H,27,32)(H,29,33). The van der Waals surface area contributed by atoms with Crippen molar-refractivity contribution < 1.29 is 24.2 Å². The van der Waals surface area contributed by atoms with Crippen molar-refractivity contribution in [2.75, 3.05) is 39.5 Å². The number of nitrogens with zero attached hydrogens (tertiary/aromatic N) is 2. The minimum atomic E-state index is -0.334. The minimum Gasteiger partial charge on any atom is -0.504 e. The first-order chi connectivity index (χ1) is 17.1. The number of unbranched alkanes of at least 4 members (excludes halogenated alkanes) is 1. The second-order valence-electron chi connectivity index (χ2n) is 8.18. The van der Waals surface area contributed by atoms with Crippen molar-refractivity contribution in [2.24, 2.45) is 5.10 Å². The predicted molar refractivity (Wildman–Crippen MR) is 134 cm³/mol. The number of ether oxygens (including phenoxy) is 2. The molecule has 1 heterocycles. The van der Waals surface area contributed by atoms with E-state index in [1.165, 1.54) is 12.3 Å². The largest absolute Gasteiger partial charge is 0.504 e. The molecule has 0 spiro atoms.